The van der Waals surface area contributed by atoms with Crippen molar-refractivity contribution in [2.75, 3.05) is 4.90 Å². The van der Waals surface area contributed by atoms with Crippen LogP contribution in [0.15, 0.2) is 180 Å². The maximum absolute atomic E-state index is 6.36. The van der Waals surface area contributed by atoms with E-state index in [4.69, 9.17) is 4.42 Å². The lowest BCUT2D eigenvalue weighted by molar-refractivity contribution is 0.669. The molecule has 0 saturated heterocycles. The molecule has 0 amide bonds. The first-order chi connectivity index (χ1) is 25.7. The topological polar surface area (TPSA) is 16.4 Å². The van der Waals surface area contributed by atoms with Crippen LogP contribution in [0.4, 0.5) is 17.1 Å². The second-order valence-electron chi connectivity index (χ2n) is 13.3. The molecule has 0 bridgehead atoms. The van der Waals surface area contributed by atoms with E-state index < -0.39 is 0 Å². The van der Waals surface area contributed by atoms with E-state index in [0.717, 1.165) is 39.0 Å². The van der Waals surface area contributed by atoms with Crippen LogP contribution in [-0.2, 0) is 0 Å². The second kappa shape index (κ2) is 11.7. The monoisotopic (exact) mass is 699 g/mol. The number of para-hydroxylation sites is 1. The molecule has 4 heteroatoms. The molecule has 0 unspecified atom stereocenters. The fraction of sp³-hybridized carbons (Fsp3) is 0. The molecular weight excluding hydrogens is 671 g/mol. The summed E-state index contributed by atoms with van der Waals surface area (Å²) in [4.78, 5) is 2.32. The number of hydrogen-bond donors (Lipinski definition) is 0. The number of benzene rings is 8. The Labute approximate surface area is 308 Å². The molecular formula is C48H29NOS2. The lowest BCUT2D eigenvalue weighted by Crippen LogP contribution is -2.09. The number of thiophene rings is 2. The first-order valence-corrected chi connectivity index (χ1v) is 19.1. The molecule has 0 aliphatic carbocycles. The predicted molar refractivity (Wildman–Crippen MR) is 225 cm³/mol. The Morgan fingerprint density at radius 3 is 1.31 bits per heavy atom. The van der Waals surface area contributed by atoms with E-state index in [1.807, 2.05) is 34.8 Å². The van der Waals surface area contributed by atoms with E-state index in [2.05, 4.69) is 169 Å². The minimum absolute atomic E-state index is 0.880. The molecule has 11 aromatic rings. The molecule has 0 atom stereocenters. The zero-order valence-corrected chi connectivity index (χ0v) is 29.5. The molecule has 244 valence electrons. The molecule has 3 heterocycles. The second-order valence-corrected chi connectivity index (χ2v) is 15.5. The van der Waals surface area contributed by atoms with Crippen molar-refractivity contribution in [3.8, 4) is 22.3 Å². The molecule has 2 nitrogen and oxygen atoms in total. The Morgan fingerprint density at radius 1 is 0.308 bits per heavy atom. The summed E-state index contributed by atoms with van der Waals surface area (Å²) in [6.07, 6.45) is 0. The molecule has 3 aromatic heterocycles. The molecule has 8 aromatic carbocycles. The highest BCUT2D eigenvalue weighted by molar-refractivity contribution is 7.26. The van der Waals surface area contributed by atoms with E-state index >= 15 is 0 Å². The van der Waals surface area contributed by atoms with E-state index in [1.54, 1.807) is 0 Å². The van der Waals surface area contributed by atoms with Crippen LogP contribution in [0, 0.1) is 0 Å². The highest BCUT2D eigenvalue weighted by Gasteiger charge is 2.17. The quantitative estimate of drug-likeness (QED) is 0.178. The number of anilines is 3. The van der Waals surface area contributed by atoms with E-state index in [1.165, 1.54) is 62.6 Å². The number of fused-ring (bicyclic) bond motifs is 9. The highest BCUT2D eigenvalue weighted by Crippen LogP contribution is 2.42. The van der Waals surface area contributed by atoms with Crippen molar-refractivity contribution in [2.45, 2.75) is 0 Å². The van der Waals surface area contributed by atoms with Crippen LogP contribution in [0.3, 0.4) is 0 Å². The fourth-order valence-corrected chi connectivity index (χ4v) is 10.0. The first-order valence-electron chi connectivity index (χ1n) is 17.5. The largest absolute Gasteiger partial charge is 0.456 e. The molecule has 0 spiro atoms. The van der Waals surface area contributed by atoms with E-state index in [-0.39, 0.29) is 0 Å². The van der Waals surface area contributed by atoms with Gasteiger partial charge in [-0.25, -0.2) is 0 Å². The van der Waals surface area contributed by atoms with Gasteiger partial charge >= 0.3 is 0 Å². The zero-order chi connectivity index (χ0) is 34.2. The summed E-state index contributed by atoms with van der Waals surface area (Å²) < 4.78 is 11.6. The first kappa shape index (κ1) is 29.5. The summed E-state index contributed by atoms with van der Waals surface area (Å²) in [7, 11) is 0. The Kier molecular flexibility index (Phi) is 6.63. The Bertz CT molecular complexity index is 2970. The van der Waals surface area contributed by atoms with Gasteiger partial charge in [0.15, 0.2) is 0 Å². The predicted octanol–water partition coefficient (Wildman–Crippen LogP) is 15.1. The summed E-state index contributed by atoms with van der Waals surface area (Å²) in [5, 5.41) is 7.55. The summed E-state index contributed by atoms with van der Waals surface area (Å²) in [5.41, 5.74) is 9.84. The lowest BCUT2D eigenvalue weighted by Gasteiger charge is -2.26. The summed E-state index contributed by atoms with van der Waals surface area (Å²) in [6.45, 7) is 0. The maximum Gasteiger partial charge on any atom is 0.137 e. The summed E-state index contributed by atoms with van der Waals surface area (Å²) >= 11 is 3.72. The van der Waals surface area contributed by atoms with Crippen LogP contribution < -0.4 is 4.90 Å². The number of rotatable bonds is 5. The van der Waals surface area contributed by atoms with Gasteiger partial charge < -0.3 is 9.32 Å². The van der Waals surface area contributed by atoms with Crippen molar-refractivity contribution in [3.63, 3.8) is 0 Å². The van der Waals surface area contributed by atoms with Gasteiger partial charge in [-0.3, -0.25) is 0 Å². The zero-order valence-electron chi connectivity index (χ0n) is 27.9. The van der Waals surface area contributed by atoms with Crippen molar-refractivity contribution in [2.24, 2.45) is 0 Å². The molecule has 0 radical (unpaired) electrons. The minimum Gasteiger partial charge on any atom is -0.456 e. The van der Waals surface area contributed by atoms with E-state index in [9.17, 15) is 0 Å². The molecule has 52 heavy (non-hydrogen) atoms. The molecule has 0 N–H and O–H groups in total. The third kappa shape index (κ3) is 4.76. The normalized spacial score (nSPS) is 11.8. The van der Waals surface area contributed by atoms with Crippen molar-refractivity contribution >= 4 is 102 Å². The van der Waals surface area contributed by atoms with Gasteiger partial charge in [-0.05, 0) is 89.0 Å². The average molecular weight is 700 g/mol. The molecule has 11 rings (SSSR count). The van der Waals surface area contributed by atoms with Gasteiger partial charge in [0, 0.05) is 74.2 Å². The Morgan fingerprint density at radius 2 is 0.731 bits per heavy atom. The van der Waals surface area contributed by atoms with Gasteiger partial charge in [-0.15, -0.1) is 22.7 Å². The van der Waals surface area contributed by atoms with Crippen molar-refractivity contribution in [1.29, 1.82) is 0 Å². The smallest absolute Gasteiger partial charge is 0.137 e. The van der Waals surface area contributed by atoms with Crippen molar-refractivity contribution < 1.29 is 4.42 Å². The van der Waals surface area contributed by atoms with Gasteiger partial charge in [0.25, 0.3) is 0 Å². The SMILES string of the molecule is c1ccc2c(c1)oc1cc(N(c3ccc(-c4ccc5c(c4)sc4ccccc45)cc3)c3ccc(-c4ccc5c(c4)sc4ccccc45)cc3)ccc12. The number of nitrogens with zero attached hydrogens (tertiary/aromatic N) is 1. The van der Waals surface area contributed by atoms with Gasteiger partial charge in [0.05, 0.1) is 0 Å². The van der Waals surface area contributed by atoms with Gasteiger partial charge in [-0.1, -0.05) is 103 Å². The van der Waals surface area contributed by atoms with Crippen LogP contribution >= 0.6 is 22.7 Å². The third-order valence-corrected chi connectivity index (χ3v) is 12.6. The van der Waals surface area contributed by atoms with Gasteiger partial charge in [-0.2, -0.15) is 0 Å². The van der Waals surface area contributed by atoms with Crippen LogP contribution in [0.5, 0.6) is 0 Å². The standard InChI is InChI=1S/C48H29NOS2/c1-4-10-43-37(7-1)38-26-23-36(29-44(38)50-43)49(34-19-13-30(14-20-34)32-17-24-41-39-8-2-5-11-45(39)51-47(41)27-32)35-21-15-31(16-22-35)33-18-25-42-40-9-3-6-12-46(40)52-48(42)28-33/h1-29H. The van der Waals surface area contributed by atoms with Gasteiger partial charge in [0.1, 0.15) is 11.2 Å². The number of hydrogen-bond acceptors (Lipinski definition) is 4. The molecule has 0 aliphatic heterocycles. The van der Waals surface area contributed by atoms with Crippen molar-refractivity contribution in [1.82, 2.24) is 0 Å². The molecule has 0 aliphatic rings. The van der Waals surface area contributed by atoms with Gasteiger partial charge in [0.2, 0.25) is 0 Å². The van der Waals surface area contributed by atoms with Crippen molar-refractivity contribution in [3.05, 3.63) is 176 Å². The molecule has 0 fully saturated rings. The maximum atomic E-state index is 6.36. The minimum atomic E-state index is 0.880. The number of furan rings is 1. The van der Waals surface area contributed by atoms with Crippen LogP contribution in [-0.4, -0.2) is 0 Å². The fourth-order valence-electron chi connectivity index (χ4n) is 7.72. The van der Waals surface area contributed by atoms with E-state index in [0.29, 0.717) is 0 Å². The van der Waals surface area contributed by atoms with Crippen LogP contribution in [0.25, 0.3) is 84.5 Å². The molecule has 0 saturated carbocycles. The Balaban J connectivity index is 0.992. The lowest BCUT2D eigenvalue weighted by atomic mass is 10.0. The summed E-state index contributed by atoms with van der Waals surface area (Å²) in [6, 6.07) is 63.8. The average Bonchev–Trinajstić information content (AvgIpc) is 3.89. The van der Waals surface area contributed by atoms with Crippen LogP contribution in [0.1, 0.15) is 0 Å². The Hall–Kier alpha value is -6.20. The third-order valence-electron chi connectivity index (χ3n) is 10.3. The highest BCUT2D eigenvalue weighted by atomic mass is 32.1. The summed E-state index contributed by atoms with van der Waals surface area (Å²) in [5.74, 6) is 0. The van der Waals surface area contributed by atoms with Crippen LogP contribution in [0.2, 0.25) is 0 Å².